The molecule has 3 aromatic rings. The molecule has 0 aliphatic carbocycles. The fourth-order valence-corrected chi connectivity index (χ4v) is 3.69. The second-order valence-corrected chi connectivity index (χ2v) is 7.37. The van der Waals surface area contributed by atoms with E-state index in [1.54, 1.807) is 32.2 Å². The van der Waals surface area contributed by atoms with Crippen LogP contribution in [-0.2, 0) is 17.1 Å². The number of oxazole rings is 1. The summed E-state index contributed by atoms with van der Waals surface area (Å²) in [6.45, 7) is 4.47. The Hall–Kier alpha value is -2.94. The first kappa shape index (κ1) is 18.8. The van der Waals surface area contributed by atoms with Crippen molar-refractivity contribution in [3.8, 4) is 11.5 Å². The van der Waals surface area contributed by atoms with E-state index in [0.29, 0.717) is 30.2 Å². The van der Waals surface area contributed by atoms with E-state index in [0.717, 1.165) is 0 Å². The van der Waals surface area contributed by atoms with Gasteiger partial charge in [-0.05, 0) is 38.1 Å². The maximum Gasteiger partial charge on any atom is 0.419 e. The highest BCUT2D eigenvalue weighted by Gasteiger charge is 2.19. The number of sulfonamides is 1. The molecule has 0 atom stereocenters. The molecule has 144 valence electrons. The highest BCUT2D eigenvalue weighted by Crippen LogP contribution is 2.31. The van der Waals surface area contributed by atoms with Gasteiger partial charge in [-0.15, -0.1) is 0 Å². The molecule has 0 spiro atoms. The first-order chi connectivity index (χ1) is 12.9. The van der Waals surface area contributed by atoms with Gasteiger partial charge in [0.25, 0.3) is 10.0 Å². The van der Waals surface area contributed by atoms with Crippen LogP contribution in [-0.4, -0.2) is 26.2 Å². The van der Waals surface area contributed by atoms with Crippen LogP contribution in [0, 0.1) is 0 Å². The largest absolute Gasteiger partial charge is 0.494 e. The van der Waals surface area contributed by atoms with Crippen molar-refractivity contribution in [3.05, 3.63) is 46.9 Å². The molecule has 3 rings (SSSR count). The van der Waals surface area contributed by atoms with Crippen molar-refractivity contribution in [1.29, 1.82) is 0 Å². The molecular formula is C18H20N2O6S. The molecule has 0 saturated carbocycles. The van der Waals surface area contributed by atoms with E-state index < -0.39 is 15.8 Å². The van der Waals surface area contributed by atoms with Crippen LogP contribution in [0.1, 0.15) is 13.8 Å². The van der Waals surface area contributed by atoms with Crippen LogP contribution in [0.3, 0.4) is 0 Å². The average molecular weight is 392 g/mol. The Morgan fingerprint density at radius 1 is 1.07 bits per heavy atom. The molecule has 8 nitrogen and oxygen atoms in total. The Morgan fingerprint density at radius 3 is 2.52 bits per heavy atom. The zero-order valence-electron chi connectivity index (χ0n) is 15.2. The Morgan fingerprint density at radius 2 is 1.81 bits per heavy atom. The maximum absolute atomic E-state index is 12.8. The number of anilines is 1. The third-order valence-corrected chi connectivity index (χ3v) is 5.24. The Balaban J connectivity index is 2.00. The number of rotatable bonds is 7. The van der Waals surface area contributed by atoms with Crippen molar-refractivity contribution in [2.45, 2.75) is 18.7 Å². The molecule has 1 aromatic heterocycles. The van der Waals surface area contributed by atoms with Crippen LogP contribution in [0.2, 0.25) is 0 Å². The van der Waals surface area contributed by atoms with Gasteiger partial charge in [0.05, 0.1) is 29.3 Å². The van der Waals surface area contributed by atoms with Crippen molar-refractivity contribution in [3.63, 3.8) is 0 Å². The van der Waals surface area contributed by atoms with Crippen molar-refractivity contribution >= 4 is 26.8 Å². The number of ether oxygens (including phenoxy) is 2. The minimum atomic E-state index is -3.94. The zero-order valence-corrected chi connectivity index (χ0v) is 16.0. The summed E-state index contributed by atoms with van der Waals surface area (Å²) in [5.41, 5.74) is 0.961. The summed E-state index contributed by atoms with van der Waals surface area (Å²) in [6.07, 6.45) is 0. The summed E-state index contributed by atoms with van der Waals surface area (Å²) in [6, 6.07) is 9.16. The average Bonchev–Trinajstić information content (AvgIpc) is 2.91. The summed E-state index contributed by atoms with van der Waals surface area (Å²) >= 11 is 0. The monoisotopic (exact) mass is 392 g/mol. The highest BCUT2D eigenvalue weighted by molar-refractivity contribution is 7.92. The van der Waals surface area contributed by atoms with E-state index in [9.17, 15) is 13.2 Å². The molecule has 0 saturated heterocycles. The quantitative estimate of drug-likeness (QED) is 0.664. The van der Waals surface area contributed by atoms with Crippen molar-refractivity contribution in [1.82, 2.24) is 4.57 Å². The summed E-state index contributed by atoms with van der Waals surface area (Å²) in [4.78, 5) is 11.6. The number of benzene rings is 2. The minimum Gasteiger partial charge on any atom is -0.494 e. The molecule has 0 aliphatic heterocycles. The molecule has 1 heterocycles. The van der Waals surface area contributed by atoms with Gasteiger partial charge in [-0.3, -0.25) is 9.29 Å². The van der Waals surface area contributed by atoms with Crippen LogP contribution in [0.15, 0.2) is 50.5 Å². The number of nitrogens with one attached hydrogen (secondary N) is 1. The lowest BCUT2D eigenvalue weighted by molar-refractivity contribution is 0.332. The SMILES string of the molecule is CCOc1ccc(OCC)c(NS(=O)(=O)c2ccc3c(c2)oc(=O)n3C)c1. The number of fused-ring (bicyclic) bond motifs is 1. The van der Waals surface area contributed by atoms with Gasteiger partial charge in [0, 0.05) is 19.2 Å². The van der Waals surface area contributed by atoms with E-state index in [4.69, 9.17) is 13.9 Å². The van der Waals surface area contributed by atoms with E-state index in [2.05, 4.69) is 4.72 Å². The molecule has 0 bridgehead atoms. The molecule has 0 amide bonds. The third-order valence-electron chi connectivity index (χ3n) is 3.88. The highest BCUT2D eigenvalue weighted by atomic mass is 32.2. The van der Waals surface area contributed by atoms with Gasteiger partial charge in [-0.1, -0.05) is 0 Å². The normalized spacial score (nSPS) is 11.5. The molecular weight excluding hydrogens is 372 g/mol. The van der Waals surface area contributed by atoms with Gasteiger partial charge in [0.2, 0.25) is 0 Å². The van der Waals surface area contributed by atoms with Crippen LogP contribution in [0.25, 0.3) is 11.1 Å². The Labute approximate surface area is 156 Å². The number of hydrogen-bond acceptors (Lipinski definition) is 6. The second kappa shape index (κ2) is 7.36. The number of aromatic nitrogens is 1. The molecule has 1 N–H and O–H groups in total. The Bertz CT molecular complexity index is 1130. The molecule has 0 fully saturated rings. The van der Waals surface area contributed by atoms with E-state index in [1.807, 2.05) is 6.92 Å². The summed E-state index contributed by atoms with van der Waals surface area (Å²) < 4.78 is 45.5. The van der Waals surface area contributed by atoms with Gasteiger partial charge < -0.3 is 13.9 Å². The smallest absolute Gasteiger partial charge is 0.419 e. The third kappa shape index (κ3) is 3.77. The number of nitrogens with zero attached hydrogens (tertiary/aromatic N) is 1. The van der Waals surface area contributed by atoms with Gasteiger partial charge in [-0.25, -0.2) is 13.2 Å². The Kier molecular flexibility index (Phi) is 5.13. The van der Waals surface area contributed by atoms with Crippen molar-refractivity contribution in [2.75, 3.05) is 17.9 Å². The maximum atomic E-state index is 12.8. The summed E-state index contributed by atoms with van der Waals surface area (Å²) in [7, 11) is -2.39. The van der Waals surface area contributed by atoms with Gasteiger partial charge in [0.1, 0.15) is 11.5 Å². The van der Waals surface area contributed by atoms with Gasteiger partial charge >= 0.3 is 5.76 Å². The van der Waals surface area contributed by atoms with E-state index >= 15 is 0 Å². The minimum absolute atomic E-state index is 0.0337. The molecule has 0 unspecified atom stereocenters. The number of hydrogen-bond donors (Lipinski definition) is 1. The summed E-state index contributed by atoms with van der Waals surface area (Å²) in [5, 5.41) is 0. The molecule has 0 radical (unpaired) electrons. The van der Waals surface area contributed by atoms with Crippen molar-refractivity contribution < 1.29 is 22.3 Å². The standard InChI is InChI=1S/C18H20N2O6S/c1-4-24-12-6-9-16(25-5-2)14(10-12)19-27(22,23)13-7-8-15-17(11-13)26-18(21)20(15)3/h6-11,19H,4-5H2,1-3H3. The summed E-state index contributed by atoms with van der Waals surface area (Å²) in [5.74, 6) is 0.343. The first-order valence-corrected chi connectivity index (χ1v) is 9.86. The van der Waals surface area contributed by atoms with E-state index in [-0.39, 0.29) is 16.2 Å². The molecule has 2 aromatic carbocycles. The lowest BCUT2D eigenvalue weighted by atomic mass is 10.3. The van der Waals surface area contributed by atoms with Gasteiger partial charge in [-0.2, -0.15) is 0 Å². The second-order valence-electron chi connectivity index (χ2n) is 5.69. The predicted octanol–water partition coefficient (Wildman–Crippen LogP) is 2.73. The van der Waals surface area contributed by atoms with Gasteiger partial charge in [0.15, 0.2) is 5.58 Å². The molecule has 27 heavy (non-hydrogen) atoms. The van der Waals surface area contributed by atoms with Crippen LogP contribution in [0.5, 0.6) is 11.5 Å². The zero-order chi connectivity index (χ0) is 19.6. The fraction of sp³-hybridized carbons (Fsp3) is 0.278. The van der Waals surface area contributed by atoms with Crippen LogP contribution >= 0.6 is 0 Å². The molecule has 0 aliphatic rings. The topological polar surface area (TPSA) is 99.8 Å². The fourth-order valence-electron chi connectivity index (χ4n) is 2.61. The van der Waals surface area contributed by atoms with Crippen LogP contribution < -0.4 is 20.0 Å². The lowest BCUT2D eigenvalue weighted by Gasteiger charge is -2.14. The van der Waals surface area contributed by atoms with Crippen LogP contribution in [0.4, 0.5) is 5.69 Å². The van der Waals surface area contributed by atoms with E-state index in [1.165, 1.54) is 22.8 Å². The molecule has 9 heteroatoms. The van der Waals surface area contributed by atoms with Crippen molar-refractivity contribution in [2.24, 2.45) is 7.05 Å². The first-order valence-electron chi connectivity index (χ1n) is 8.37. The number of aryl methyl sites for hydroxylation is 1. The predicted molar refractivity (Wildman–Crippen MR) is 101 cm³/mol. The lowest BCUT2D eigenvalue weighted by Crippen LogP contribution is -2.14.